The average molecular weight is 410 g/mol. The monoisotopic (exact) mass is 409 g/mol. The van der Waals surface area contributed by atoms with Gasteiger partial charge in [0.2, 0.25) is 5.91 Å². The van der Waals surface area contributed by atoms with E-state index in [9.17, 15) is 14.9 Å². The van der Waals surface area contributed by atoms with Gasteiger partial charge in [-0.25, -0.2) is 0 Å². The van der Waals surface area contributed by atoms with Gasteiger partial charge in [-0.3, -0.25) is 19.8 Å². The van der Waals surface area contributed by atoms with Crippen LogP contribution >= 0.6 is 22.9 Å². The highest BCUT2D eigenvalue weighted by Crippen LogP contribution is 2.29. The molecule has 2 rings (SSSR count). The third-order valence-corrected chi connectivity index (χ3v) is 5.15. The molecule has 0 aliphatic rings. The van der Waals surface area contributed by atoms with Crippen molar-refractivity contribution in [1.29, 1.82) is 0 Å². The molecule has 9 heteroatoms. The number of carbonyl (C=O) groups excluding carboxylic acids is 1. The van der Waals surface area contributed by atoms with E-state index in [0.717, 1.165) is 4.88 Å². The SMILES string of the molecule is C=CCN(Cc1ccc(Cl)s1)[C@H](C)C(=O)Nc1ccc([N+](=O)[O-])cc1OC. The van der Waals surface area contributed by atoms with Crippen LogP contribution in [0.2, 0.25) is 4.34 Å². The second-order valence-corrected chi connectivity index (χ2v) is 7.53. The maximum atomic E-state index is 12.7. The summed E-state index contributed by atoms with van der Waals surface area (Å²) in [4.78, 5) is 26.1. The lowest BCUT2D eigenvalue weighted by molar-refractivity contribution is -0.384. The Morgan fingerprint density at radius 2 is 2.22 bits per heavy atom. The van der Waals surface area contributed by atoms with Gasteiger partial charge in [-0.1, -0.05) is 17.7 Å². The predicted octanol–water partition coefficient (Wildman–Crippen LogP) is 4.33. The smallest absolute Gasteiger partial charge is 0.273 e. The number of nitro groups is 1. The molecule has 0 fully saturated rings. The summed E-state index contributed by atoms with van der Waals surface area (Å²) in [7, 11) is 1.39. The van der Waals surface area contributed by atoms with Crippen molar-refractivity contribution in [2.45, 2.75) is 19.5 Å². The van der Waals surface area contributed by atoms with Crippen LogP contribution in [-0.4, -0.2) is 35.4 Å². The van der Waals surface area contributed by atoms with Crippen molar-refractivity contribution in [1.82, 2.24) is 4.90 Å². The molecule has 1 amide bonds. The molecular formula is C18H20ClN3O4S. The first-order chi connectivity index (χ1) is 12.8. The van der Waals surface area contributed by atoms with E-state index in [4.69, 9.17) is 16.3 Å². The third kappa shape index (κ3) is 5.53. The number of anilines is 1. The van der Waals surface area contributed by atoms with Crippen LogP contribution < -0.4 is 10.1 Å². The number of non-ortho nitro benzene ring substituents is 1. The van der Waals surface area contributed by atoms with Crippen molar-refractivity contribution in [3.63, 3.8) is 0 Å². The van der Waals surface area contributed by atoms with Crippen LogP contribution in [0.3, 0.4) is 0 Å². The Morgan fingerprint density at radius 3 is 2.78 bits per heavy atom. The lowest BCUT2D eigenvalue weighted by Gasteiger charge is -2.26. The maximum Gasteiger partial charge on any atom is 0.273 e. The molecule has 0 saturated carbocycles. The molecule has 27 heavy (non-hydrogen) atoms. The molecule has 2 aromatic rings. The van der Waals surface area contributed by atoms with E-state index in [-0.39, 0.29) is 17.3 Å². The van der Waals surface area contributed by atoms with Gasteiger partial charge in [-0.15, -0.1) is 17.9 Å². The lowest BCUT2D eigenvalue weighted by atomic mass is 10.2. The second kappa shape index (κ2) is 9.50. The molecule has 1 heterocycles. The molecule has 0 saturated heterocycles. The highest BCUT2D eigenvalue weighted by molar-refractivity contribution is 7.16. The van der Waals surface area contributed by atoms with Crippen LogP contribution in [0.15, 0.2) is 43.0 Å². The average Bonchev–Trinajstić information content (AvgIpc) is 3.05. The van der Waals surface area contributed by atoms with Crippen LogP contribution in [0.1, 0.15) is 11.8 Å². The van der Waals surface area contributed by atoms with Crippen LogP contribution in [0.25, 0.3) is 0 Å². The normalized spacial score (nSPS) is 11.9. The first-order valence-corrected chi connectivity index (χ1v) is 9.27. The predicted molar refractivity (Wildman–Crippen MR) is 108 cm³/mol. The molecule has 0 aliphatic heterocycles. The van der Waals surface area contributed by atoms with Gasteiger partial charge in [0.05, 0.1) is 34.2 Å². The van der Waals surface area contributed by atoms with Crippen molar-refractivity contribution in [2.75, 3.05) is 19.0 Å². The van der Waals surface area contributed by atoms with Crippen LogP contribution in [0.4, 0.5) is 11.4 Å². The number of hydrogen-bond acceptors (Lipinski definition) is 6. The quantitative estimate of drug-likeness (QED) is 0.378. The summed E-state index contributed by atoms with van der Waals surface area (Å²) < 4.78 is 5.85. The molecular weight excluding hydrogens is 390 g/mol. The number of benzene rings is 1. The fraction of sp³-hybridized carbons (Fsp3) is 0.278. The Balaban J connectivity index is 2.14. The third-order valence-electron chi connectivity index (χ3n) is 3.93. The molecule has 1 aromatic heterocycles. The number of nitrogens with one attached hydrogen (secondary N) is 1. The number of amides is 1. The van der Waals surface area contributed by atoms with Gasteiger partial charge < -0.3 is 10.1 Å². The van der Waals surface area contributed by atoms with Crippen LogP contribution in [-0.2, 0) is 11.3 Å². The highest BCUT2D eigenvalue weighted by atomic mass is 35.5. The lowest BCUT2D eigenvalue weighted by Crippen LogP contribution is -2.41. The number of halogens is 1. The number of nitro benzene ring substituents is 1. The Bertz CT molecular complexity index is 840. The van der Waals surface area contributed by atoms with Gasteiger partial charge >= 0.3 is 0 Å². The van der Waals surface area contributed by atoms with Crippen molar-refractivity contribution in [3.05, 3.63) is 62.3 Å². The Labute approximate surface area is 166 Å². The first kappa shape index (κ1) is 20.9. The molecule has 1 aromatic carbocycles. The molecule has 0 unspecified atom stereocenters. The summed E-state index contributed by atoms with van der Waals surface area (Å²) in [5.74, 6) is -0.0308. The number of methoxy groups -OCH3 is 1. The second-order valence-electron chi connectivity index (χ2n) is 5.73. The van der Waals surface area contributed by atoms with Crippen molar-refractivity contribution >= 4 is 40.2 Å². The van der Waals surface area contributed by atoms with E-state index in [1.54, 1.807) is 13.0 Å². The maximum absolute atomic E-state index is 12.7. The zero-order chi connectivity index (χ0) is 20.0. The fourth-order valence-electron chi connectivity index (χ4n) is 2.46. The zero-order valence-electron chi connectivity index (χ0n) is 15.0. The Kier molecular flexibility index (Phi) is 7.35. The van der Waals surface area contributed by atoms with E-state index in [1.165, 1.54) is 36.6 Å². The van der Waals surface area contributed by atoms with Gasteiger partial charge in [0.1, 0.15) is 5.75 Å². The van der Waals surface area contributed by atoms with Crippen molar-refractivity contribution < 1.29 is 14.5 Å². The minimum Gasteiger partial charge on any atom is -0.494 e. The van der Waals surface area contributed by atoms with Crippen LogP contribution in [0.5, 0.6) is 5.75 Å². The Morgan fingerprint density at radius 1 is 1.48 bits per heavy atom. The van der Waals surface area contributed by atoms with Gasteiger partial charge in [-0.2, -0.15) is 0 Å². The topological polar surface area (TPSA) is 84.7 Å². The minimum absolute atomic E-state index is 0.110. The highest BCUT2D eigenvalue weighted by Gasteiger charge is 2.23. The number of rotatable bonds is 9. The van der Waals surface area contributed by atoms with E-state index in [2.05, 4.69) is 11.9 Å². The van der Waals surface area contributed by atoms with Gasteiger partial charge in [0, 0.05) is 24.0 Å². The summed E-state index contributed by atoms with van der Waals surface area (Å²) in [6, 6.07) is 7.32. The molecule has 1 atom stereocenters. The molecule has 7 nitrogen and oxygen atoms in total. The number of thiophene rings is 1. The van der Waals surface area contributed by atoms with Crippen molar-refractivity contribution in [2.24, 2.45) is 0 Å². The molecule has 144 valence electrons. The van der Waals surface area contributed by atoms with E-state index in [0.29, 0.717) is 23.1 Å². The van der Waals surface area contributed by atoms with E-state index < -0.39 is 11.0 Å². The number of nitrogens with zero attached hydrogens (tertiary/aromatic N) is 2. The van der Waals surface area contributed by atoms with Crippen LogP contribution in [0, 0.1) is 10.1 Å². The largest absolute Gasteiger partial charge is 0.494 e. The summed E-state index contributed by atoms with van der Waals surface area (Å²) in [6.07, 6.45) is 1.73. The number of ether oxygens (including phenoxy) is 1. The van der Waals surface area contributed by atoms with Gasteiger partial charge in [0.25, 0.3) is 5.69 Å². The summed E-state index contributed by atoms with van der Waals surface area (Å²) in [6.45, 7) is 6.60. The number of hydrogen-bond donors (Lipinski definition) is 1. The van der Waals surface area contributed by atoms with Gasteiger partial charge in [-0.05, 0) is 25.1 Å². The summed E-state index contributed by atoms with van der Waals surface area (Å²) in [5.41, 5.74) is 0.262. The summed E-state index contributed by atoms with van der Waals surface area (Å²) in [5, 5.41) is 13.7. The Hall–Kier alpha value is -2.42. The minimum atomic E-state index is -0.519. The summed E-state index contributed by atoms with van der Waals surface area (Å²) >= 11 is 7.44. The molecule has 0 spiro atoms. The molecule has 1 N–H and O–H groups in total. The fourth-order valence-corrected chi connectivity index (χ4v) is 3.58. The first-order valence-electron chi connectivity index (χ1n) is 8.08. The molecule has 0 bridgehead atoms. The van der Waals surface area contributed by atoms with E-state index in [1.807, 2.05) is 17.0 Å². The molecule has 0 aliphatic carbocycles. The number of carbonyl (C=O) groups is 1. The molecule has 0 radical (unpaired) electrons. The standard InChI is InChI=1S/C18H20ClN3O4S/c1-4-9-21(11-14-6-8-17(19)27-14)12(2)18(23)20-15-7-5-13(22(24)25)10-16(15)26-3/h4-8,10,12H,1,9,11H2,2-3H3,(H,20,23)/t12-/m1/s1. The van der Waals surface area contributed by atoms with E-state index >= 15 is 0 Å². The van der Waals surface area contributed by atoms with Gasteiger partial charge in [0.15, 0.2) is 0 Å². The zero-order valence-corrected chi connectivity index (χ0v) is 16.5. The van der Waals surface area contributed by atoms with Crippen molar-refractivity contribution in [3.8, 4) is 5.75 Å².